The molecule has 5 rings (SSSR count). The number of anilines is 1. The summed E-state index contributed by atoms with van der Waals surface area (Å²) in [5.41, 5.74) is 2.56. The fourth-order valence-corrected chi connectivity index (χ4v) is 5.96. The van der Waals surface area contributed by atoms with Crippen LogP contribution in [0.3, 0.4) is 0 Å². The van der Waals surface area contributed by atoms with E-state index in [0.29, 0.717) is 37.9 Å². The number of amides is 2. The molecule has 3 heterocycles. The Bertz CT molecular complexity index is 1050. The third-order valence-electron chi connectivity index (χ3n) is 8.23. The molecule has 0 unspecified atom stereocenters. The van der Waals surface area contributed by atoms with Crippen molar-refractivity contribution in [1.82, 2.24) is 14.7 Å². The first kappa shape index (κ1) is 24.8. The molecule has 3 saturated heterocycles. The average Bonchev–Trinajstić information content (AvgIpc) is 2.93. The first-order valence-corrected chi connectivity index (χ1v) is 13.4. The molecule has 6 nitrogen and oxygen atoms in total. The van der Waals surface area contributed by atoms with E-state index in [9.17, 15) is 14.0 Å². The van der Waals surface area contributed by atoms with E-state index in [2.05, 4.69) is 4.90 Å². The molecule has 2 amide bonds. The summed E-state index contributed by atoms with van der Waals surface area (Å²) in [6.45, 7) is 8.17. The highest BCUT2D eigenvalue weighted by molar-refractivity contribution is 5.94. The second kappa shape index (κ2) is 11.0. The number of aryl methyl sites for hydroxylation is 1. The molecule has 2 aromatic rings. The lowest BCUT2D eigenvalue weighted by atomic mass is 9.92. The van der Waals surface area contributed by atoms with Gasteiger partial charge in [0.2, 0.25) is 5.91 Å². The molecule has 0 aromatic heterocycles. The number of halogens is 1. The molecule has 2 aromatic carbocycles. The smallest absolute Gasteiger partial charge is 0.253 e. The zero-order valence-electron chi connectivity index (χ0n) is 21.2. The molecule has 0 atom stereocenters. The van der Waals surface area contributed by atoms with E-state index in [1.54, 1.807) is 6.07 Å². The van der Waals surface area contributed by atoms with E-state index in [0.717, 1.165) is 63.0 Å². The van der Waals surface area contributed by atoms with Gasteiger partial charge in [-0.15, -0.1) is 0 Å². The van der Waals surface area contributed by atoms with E-state index >= 15 is 0 Å². The Labute approximate surface area is 213 Å². The summed E-state index contributed by atoms with van der Waals surface area (Å²) >= 11 is 0. The van der Waals surface area contributed by atoms with E-state index in [1.807, 2.05) is 58.0 Å². The third-order valence-corrected chi connectivity index (χ3v) is 8.23. The van der Waals surface area contributed by atoms with Crippen LogP contribution in [-0.4, -0.2) is 84.9 Å². The van der Waals surface area contributed by atoms with Crippen molar-refractivity contribution in [3.63, 3.8) is 0 Å². The van der Waals surface area contributed by atoms with Crippen LogP contribution < -0.4 is 4.90 Å². The highest BCUT2D eigenvalue weighted by Crippen LogP contribution is 2.27. The van der Waals surface area contributed by atoms with Crippen LogP contribution in [0, 0.1) is 18.7 Å². The zero-order chi connectivity index (χ0) is 25.1. The molecule has 0 spiro atoms. The van der Waals surface area contributed by atoms with Crippen molar-refractivity contribution >= 4 is 17.5 Å². The molecule has 36 heavy (non-hydrogen) atoms. The van der Waals surface area contributed by atoms with Crippen LogP contribution in [0.1, 0.15) is 41.6 Å². The number of piperidine rings is 2. The number of hydrogen-bond donors (Lipinski definition) is 0. The molecule has 3 aliphatic heterocycles. The Morgan fingerprint density at radius 1 is 0.750 bits per heavy atom. The van der Waals surface area contributed by atoms with Crippen molar-refractivity contribution < 1.29 is 14.0 Å². The third kappa shape index (κ3) is 5.41. The predicted molar refractivity (Wildman–Crippen MR) is 140 cm³/mol. The lowest BCUT2D eigenvalue weighted by Crippen LogP contribution is -2.53. The maximum Gasteiger partial charge on any atom is 0.253 e. The normalized spacial score (nSPS) is 20.6. The van der Waals surface area contributed by atoms with Gasteiger partial charge in [0.05, 0.1) is 5.69 Å². The molecule has 0 N–H and O–H groups in total. The summed E-state index contributed by atoms with van der Waals surface area (Å²) in [6, 6.07) is 15.2. The summed E-state index contributed by atoms with van der Waals surface area (Å²) in [7, 11) is 0. The minimum atomic E-state index is -0.199. The second-order valence-electron chi connectivity index (χ2n) is 10.5. The van der Waals surface area contributed by atoms with Crippen LogP contribution in [0.5, 0.6) is 0 Å². The van der Waals surface area contributed by atoms with Gasteiger partial charge in [0, 0.05) is 56.8 Å². The van der Waals surface area contributed by atoms with Gasteiger partial charge in [0.1, 0.15) is 5.82 Å². The molecule has 0 bridgehead atoms. The summed E-state index contributed by atoms with van der Waals surface area (Å²) < 4.78 is 14.1. The van der Waals surface area contributed by atoms with Gasteiger partial charge in [-0.05, 0) is 70.0 Å². The number of likely N-dealkylation sites (tertiary alicyclic amines) is 2. The van der Waals surface area contributed by atoms with Gasteiger partial charge in [-0.3, -0.25) is 9.59 Å². The predicted octanol–water partition coefficient (Wildman–Crippen LogP) is 3.80. The van der Waals surface area contributed by atoms with Crippen molar-refractivity contribution in [2.24, 2.45) is 5.92 Å². The van der Waals surface area contributed by atoms with Gasteiger partial charge in [-0.2, -0.15) is 0 Å². The highest BCUT2D eigenvalue weighted by atomic mass is 19.1. The standard InChI is InChI=1S/C29H37FN4O2/c1-22-6-8-23(9-7-22)28(35)33-16-12-25(13-17-33)31-14-10-24(11-15-31)29(36)34-20-18-32(19-21-34)27-5-3-2-4-26(27)30/h2-9,24-25H,10-21H2,1H3. The largest absolute Gasteiger partial charge is 0.366 e. The molecule has 0 aliphatic carbocycles. The highest BCUT2D eigenvalue weighted by Gasteiger charge is 2.34. The van der Waals surface area contributed by atoms with E-state index in [4.69, 9.17) is 0 Å². The number of rotatable bonds is 4. The van der Waals surface area contributed by atoms with Crippen molar-refractivity contribution in [2.45, 2.75) is 38.6 Å². The van der Waals surface area contributed by atoms with Crippen LogP contribution in [0.4, 0.5) is 10.1 Å². The Morgan fingerprint density at radius 3 is 2.03 bits per heavy atom. The lowest BCUT2D eigenvalue weighted by molar-refractivity contribution is -0.137. The SMILES string of the molecule is Cc1ccc(C(=O)N2CCC(N3CCC(C(=O)N4CCN(c5ccccc5F)CC4)CC3)CC2)cc1. The first-order valence-electron chi connectivity index (χ1n) is 13.4. The van der Waals surface area contributed by atoms with Gasteiger partial charge < -0.3 is 19.6 Å². The molecule has 7 heteroatoms. The summed E-state index contributed by atoms with van der Waals surface area (Å²) in [5.74, 6) is 0.286. The minimum absolute atomic E-state index is 0.0875. The summed E-state index contributed by atoms with van der Waals surface area (Å²) in [4.78, 5) is 34.6. The summed E-state index contributed by atoms with van der Waals surface area (Å²) in [6.07, 6.45) is 3.78. The van der Waals surface area contributed by atoms with Crippen LogP contribution in [0.25, 0.3) is 0 Å². The van der Waals surface area contributed by atoms with Gasteiger partial charge in [-0.25, -0.2) is 4.39 Å². The second-order valence-corrected chi connectivity index (χ2v) is 10.5. The van der Waals surface area contributed by atoms with Crippen LogP contribution in [0.15, 0.2) is 48.5 Å². The molecule has 3 aliphatic rings. The molecule has 0 saturated carbocycles. The fourth-order valence-electron chi connectivity index (χ4n) is 5.96. The number of benzene rings is 2. The fraction of sp³-hybridized carbons (Fsp3) is 0.517. The molecule has 3 fully saturated rings. The Balaban J connectivity index is 1.06. The first-order chi connectivity index (χ1) is 17.5. The number of hydrogen-bond acceptors (Lipinski definition) is 4. The van der Waals surface area contributed by atoms with Gasteiger partial charge in [0.15, 0.2) is 0 Å². The van der Waals surface area contributed by atoms with E-state index in [1.165, 1.54) is 6.07 Å². The monoisotopic (exact) mass is 492 g/mol. The topological polar surface area (TPSA) is 47.1 Å². The molecule has 0 radical (unpaired) electrons. The number of carbonyl (C=O) groups is 2. The van der Waals surface area contributed by atoms with Crippen molar-refractivity contribution in [2.75, 3.05) is 57.3 Å². The van der Waals surface area contributed by atoms with Crippen LogP contribution in [0.2, 0.25) is 0 Å². The van der Waals surface area contributed by atoms with Crippen LogP contribution >= 0.6 is 0 Å². The van der Waals surface area contributed by atoms with Gasteiger partial charge >= 0.3 is 0 Å². The maximum absolute atomic E-state index is 14.1. The number of nitrogens with zero attached hydrogens (tertiary/aromatic N) is 4. The van der Waals surface area contributed by atoms with Gasteiger partial charge in [-0.1, -0.05) is 29.8 Å². The molecular formula is C29H37FN4O2. The number of piperazine rings is 1. The maximum atomic E-state index is 14.1. The summed E-state index contributed by atoms with van der Waals surface area (Å²) in [5, 5.41) is 0. The number of para-hydroxylation sites is 1. The van der Waals surface area contributed by atoms with Crippen molar-refractivity contribution in [3.05, 3.63) is 65.5 Å². The zero-order valence-corrected chi connectivity index (χ0v) is 21.2. The van der Waals surface area contributed by atoms with Crippen LogP contribution in [-0.2, 0) is 4.79 Å². The average molecular weight is 493 g/mol. The lowest BCUT2D eigenvalue weighted by Gasteiger charge is -2.43. The Hall–Kier alpha value is -2.93. The number of carbonyl (C=O) groups excluding carboxylic acids is 2. The van der Waals surface area contributed by atoms with Gasteiger partial charge in [0.25, 0.3) is 5.91 Å². The Morgan fingerprint density at radius 2 is 1.39 bits per heavy atom. The van der Waals surface area contributed by atoms with Crippen molar-refractivity contribution in [1.29, 1.82) is 0 Å². The van der Waals surface area contributed by atoms with E-state index < -0.39 is 0 Å². The quantitative estimate of drug-likeness (QED) is 0.652. The Kier molecular flexibility index (Phi) is 7.56. The minimum Gasteiger partial charge on any atom is -0.366 e. The molecule has 192 valence electrons. The van der Waals surface area contributed by atoms with E-state index in [-0.39, 0.29) is 23.5 Å². The molecular weight excluding hydrogens is 455 g/mol. The van der Waals surface area contributed by atoms with Crippen molar-refractivity contribution in [3.8, 4) is 0 Å².